The Kier molecular flexibility index (Phi) is 3.49. The second kappa shape index (κ2) is 4.91. The van der Waals surface area contributed by atoms with Crippen LogP contribution in [0.5, 0.6) is 0 Å². The molecule has 1 aromatic rings. The summed E-state index contributed by atoms with van der Waals surface area (Å²) in [4.78, 5) is 24.8. The molecule has 1 saturated heterocycles. The number of hydrogen-bond acceptors (Lipinski definition) is 4. The molecule has 0 aromatic heterocycles. The summed E-state index contributed by atoms with van der Waals surface area (Å²) in [6.07, 6.45) is 1.69. The number of aromatic carboxylic acids is 1. The van der Waals surface area contributed by atoms with Gasteiger partial charge in [-0.15, -0.1) is 0 Å². The molecule has 1 N–H and O–H groups in total. The monoisotopic (exact) mass is 279 g/mol. The lowest BCUT2D eigenvalue weighted by Gasteiger charge is -2.14. The Labute approximate surface area is 113 Å². The van der Waals surface area contributed by atoms with Crippen LogP contribution >= 0.6 is 24.0 Å². The molecule has 0 saturated carbocycles. The number of benzene rings is 1. The zero-order chi connectivity index (χ0) is 13.3. The van der Waals surface area contributed by atoms with Gasteiger partial charge in [-0.05, 0) is 25.1 Å². The number of amides is 1. The van der Waals surface area contributed by atoms with Crippen molar-refractivity contribution in [3.63, 3.8) is 0 Å². The minimum absolute atomic E-state index is 0.127. The highest BCUT2D eigenvalue weighted by Gasteiger charge is 2.32. The van der Waals surface area contributed by atoms with Crippen LogP contribution in [0.1, 0.15) is 17.3 Å². The number of anilines is 1. The van der Waals surface area contributed by atoms with E-state index in [1.807, 2.05) is 0 Å². The maximum Gasteiger partial charge on any atom is 0.335 e. The van der Waals surface area contributed by atoms with E-state index in [9.17, 15) is 9.59 Å². The molecule has 0 radical (unpaired) electrons. The normalized spacial score (nSPS) is 17.6. The zero-order valence-electron chi connectivity index (χ0n) is 9.41. The van der Waals surface area contributed by atoms with Gasteiger partial charge in [-0.3, -0.25) is 9.69 Å². The highest BCUT2D eigenvalue weighted by atomic mass is 32.2. The molecule has 1 aromatic carbocycles. The van der Waals surface area contributed by atoms with Crippen LogP contribution in [0.25, 0.3) is 0 Å². The van der Waals surface area contributed by atoms with Gasteiger partial charge in [0.05, 0.1) is 16.2 Å². The summed E-state index contributed by atoms with van der Waals surface area (Å²) in [5.74, 6) is -1.25. The van der Waals surface area contributed by atoms with Crippen LogP contribution in [0.15, 0.2) is 35.2 Å². The molecule has 1 fully saturated rings. The van der Waals surface area contributed by atoms with E-state index in [4.69, 9.17) is 17.3 Å². The highest BCUT2D eigenvalue weighted by Crippen LogP contribution is 2.34. The Hall–Kier alpha value is -1.66. The fraction of sp³-hybridized carbons (Fsp3) is 0.0833. The average Bonchev–Trinajstić information content (AvgIpc) is 2.64. The lowest BCUT2D eigenvalue weighted by molar-refractivity contribution is -0.113. The summed E-state index contributed by atoms with van der Waals surface area (Å²) in [6, 6.07) is 6.16. The van der Waals surface area contributed by atoms with Crippen molar-refractivity contribution in [2.45, 2.75) is 6.92 Å². The summed E-state index contributed by atoms with van der Waals surface area (Å²) in [6.45, 7) is 1.76. The number of allylic oxidation sites excluding steroid dienone is 1. The topological polar surface area (TPSA) is 57.6 Å². The van der Waals surface area contributed by atoms with Crippen molar-refractivity contribution in [3.05, 3.63) is 40.8 Å². The fourth-order valence-electron chi connectivity index (χ4n) is 1.56. The molecule has 0 spiro atoms. The quantitative estimate of drug-likeness (QED) is 0.666. The van der Waals surface area contributed by atoms with E-state index in [2.05, 4.69) is 0 Å². The third-order valence-corrected chi connectivity index (χ3v) is 3.83. The van der Waals surface area contributed by atoms with Crippen LogP contribution < -0.4 is 4.90 Å². The Morgan fingerprint density at radius 3 is 2.78 bits per heavy atom. The van der Waals surface area contributed by atoms with E-state index in [1.54, 1.807) is 25.1 Å². The summed E-state index contributed by atoms with van der Waals surface area (Å²) < 4.78 is 0.413. The summed E-state index contributed by atoms with van der Waals surface area (Å²) >= 11 is 6.34. The van der Waals surface area contributed by atoms with E-state index in [-0.39, 0.29) is 11.5 Å². The summed E-state index contributed by atoms with van der Waals surface area (Å²) in [7, 11) is 0. The number of thioether (sulfide) groups is 1. The zero-order valence-corrected chi connectivity index (χ0v) is 11.0. The molecule has 1 aliphatic rings. The molecule has 6 heteroatoms. The SMILES string of the molecule is C/C=C1\SC(=S)N(c2cccc(C(=O)O)c2)C1=O. The molecule has 0 bridgehead atoms. The van der Waals surface area contributed by atoms with E-state index < -0.39 is 5.97 Å². The van der Waals surface area contributed by atoms with Crippen LogP contribution in [0, 0.1) is 0 Å². The van der Waals surface area contributed by atoms with Crippen molar-refractivity contribution in [2.24, 2.45) is 0 Å². The number of carbonyl (C=O) groups is 2. The van der Waals surface area contributed by atoms with Crippen LogP contribution in [-0.4, -0.2) is 21.3 Å². The highest BCUT2D eigenvalue weighted by molar-refractivity contribution is 8.27. The van der Waals surface area contributed by atoms with Crippen molar-refractivity contribution < 1.29 is 14.7 Å². The minimum atomic E-state index is -1.03. The van der Waals surface area contributed by atoms with Gasteiger partial charge in [-0.25, -0.2) is 4.79 Å². The first-order chi connectivity index (χ1) is 8.54. The minimum Gasteiger partial charge on any atom is -0.478 e. The molecule has 0 aliphatic carbocycles. The number of carboxylic acids is 1. The molecule has 0 atom stereocenters. The number of rotatable bonds is 2. The summed E-state index contributed by atoms with van der Waals surface area (Å²) in [5, 5.41) is 8.93. The van der Waals surface area contributed by atoms with Crippen molar-refractivity contribution in [2.75, 3.05) is 4.90 Å². The average molecular weight is 279 g/mol. The van der Waals surface area contributed by atoms with Gasteiger partial charge < -0.3 is 5.11 Å². The molecular weight excluding hydrogens is 270 g/mol. The molecule has 1 heterocycles. The van der Waals surface area contributed by atoms with Gasteiger partial charge in [0.15, 0.2) is 4.32 Å². The summed E-state index contributed by atoms with van der Waals surface area (Å²) in [5.41, 5.74) is 0.608. The number of hydrogen-bond donors (Lipinski definition) is 1. The van der Waals surface area contributed by atoms with Crippen molar-refractivity contribution in [3.8, 4) is 0 Å². The standard InChI is InChI=1S/C12H9NO3S2/c1-2-9-10(14)13(12(17)18-9)8-5-3-4-7(6-8)11(15)16/h2-6H,1H3,(H,15,16)/b9-2-. The molecule has 18 heavy (non-hydrogen) atoms. The van der Waals surface area contributed by atoms with Gasteiger partial charge in [0.25, 0.3) is 5.91 Å². The molecule has 4 nitrogen and oxygen atoms in total. The lowest BCUT2D eigenvalue weighted by atomic mass is 10.2. The maximum absolute atomic E-state index is 12.0. The molecule has 2 rings (SSSR count). The largest absolute Gasteiger partial charge is 0.478 e. The van der Waals surface area contributed by atoms with Gasteiger partial charge in [0, 0.05) is 0 Å². The Balaban J connectivity index is 2.43. The Morgan fingerprint density at radius 1 is 1.50 bits per heavy atom. The Morgan fingerprint density at radius 2 is 2.22 bits per heavy atom. The van der Waals surface area contributed by atoms with Crippen LogP contribution in [0.4, 0.5) is 5.69 Å². The van der Waals surface area contributed by atoms with Gasteiger partial charge in [0.1, 0.15) is 0 Å². The third kappa shape index (κ3) is 2.16. The first-order valence-corrected chi connectivity index (χ1v) is 6.33. The van der Waals surface area contributed by atoms with E-state index in [0.717, 1.165) is 0 Å². The maximum atomic E-state index is 12.0. The van der Waals surface area contributed by atoms with Crippen molar-refractivity contribution >= 4 is 45.9 Å². The van der Waals surface area contributed by atoms with E-state index in [0.29, 0.717) is 14.9 Å². The predicted octanol–water partition coefficient (Wildman–Crippen LogP) is 2.65. The lowest BCUT2D eigenvalue weighted by Crippen LogP contribution is -2.27. The second-order valence-corrected chi connectivity index (χ2v) is 5.19. The number of carboxylic acid groups (broad SMARTS) is 1. The number of carbonyl (C=O) groups excluding carboxylic acids is 1. The number of nitrogens with zero attached hydrogens (tertiary/aromatic N) is 1. The van der Waals surface area contributed by atoms with Gasteiger partial charge >= 0.3 is 5.97 Å². The first kappa shape index (κ1) is 12.8. The van der Waals surface area contributed by atoms with Crippen LogP contribution in [0.2, 0.25) is 0 Å². The fourth-order valence-corrected chi connectivity index (χ4v) is 2.78. The second-order valence-electron chi connectivity index (χ2n) is 3.52. The van der Waals surface area contributed by atoms with Crippen molar-refractivity contribution in [1.29, 1.82) is 0 Å². The van der Waals surface area contributed by atoms with Crippen molar-refractivity contribution in [1.82, 2.24) is 0 Å². The predicted molar refractivity (Wildman–Crippen MR) is 74.8 cm³/mol. The van der Waals surface area contributed by atoms with Crippen LogP contribution in [0.3, 0.4) is 0 Å². The van der Waals surface area contributed by atoms with Gasteiger partial charge in [-0.1, -0.05) is 36.1 Å². The first-order valence-electron chi connectivity index (χ1n) is 5.10. The van der Waals surface area contributed by atoms with E-state index in [1.165, 1.54) is 28.8 Å². The molecule has 0 unspecified atom stereocenters. The molecular formula is C12H9NO3S2. The molecule has 1 amide bonds. The van der Waals surface area contributed by atoms with Gasteiger partial charge in [-0.2, -0.15) is 0 Å². The Bertz CT molecular complexity index is 580. The van der Waals surface area contributed by atoms with Crippen LogP contribution in [-0.2, 0) is 4.79 Å². The molecule has 1 aliphatic heterocycles. The smallest absolute Gasteiger partial charge is 0.335 e. The molecule has 92 valence electrons. The number of thiocarbonyl (C=S) groups is 1. The van der Waals surface area contributed by atoms with E-state index >= 15 is 0 Å². The third-order valence-electron chi connectivity index (χ3n) is 2.41. The van der Waals surface area contributed by atoms with Gasteiger partial charge in [0.2, 0.25) is 0 Å².